The van der Waals surface area contributed by atoms with Gasteiger partial charge in [0.15, 0.2) is 0 Å². The highest BCUT2D eigenvalue weighted by Crippen LogP contribution is 2.35. The molecule has 1 aliphatic rings. The number of benzene rings is 1. The lowest BCUT2D eigenvalue weighted by Gasteiger charge is -2.21. The SMILES string of the molecule is CC1Sc2ccc(CCNC(=O)c3ccccn3)cc2NC1=O. The van der Waals surface area contributed by atoms with E-state index in [9.17, 15) is 9.59 Å². The fourth-order valence-electron chi connectivity index (χ4n) is 2.32. The van der Waals surface area contributed by atoms with E-state index >= 15 is 0 Å². The Morgan fingerprint density at radius 1 is 1.35 bits per heavy atom. The summed E-state index contributed by atoms with van der Waals surface area (Å²) in [6.07, 6.45) is 2.29. The molecule has 118 valence electrons. The third-order valence-corrected chi connectivity index (χ3v) is 4.75. The first-order chi connectivity index (χ1) is 11.1. The van der Waals surface area contributed by atoms with Crippen LogP contribution in [0.5, 0.6) is 0 Å². The van der Waals surface area contributed by atoms with Crippen molar-refractivity contribution < 1.29 is 9.59 Å². The Morgan fingerprint density at radius 3 is 3.00 bits per heavy atom. The van der Waals surface area contributed by atoms with Crippen molar-refractivity contribution in [1.29, 1.82) is 0 Å². The Morgan fingerprint density at radius 2 is 2.22 bits per heavy atom. The van der Waals surface area contributed by atoms with Crippen LogP contribution in [-0.4, -0.2) is 28.6 Å². The van der Waals surface area contributed by atoms with Crippen LogP contribution in [0.25, 0.3) is 0 Å². The molecule has 2 amide bonds. The standard InChI is InChI=1S/C17H17N3O2S/c1-11-16(21)20-14-10-12(5-6-15(14)23-11)7-9-19-17(22)13-4-2-3-8-18-13/h2-6,8,10-11H,7,9H2,1H3,(H,19,22)(H,20,21). The van der Waals surface area contributed by atoms with E-state index < -0.39 is 0 Å². The van der Waals surface area contributed by atoms with E-state index in [0.717, 1.165) is 16.1 Å². The van der Waals surface area contributed by atoms with E-state index in [4.69, 9.17) is 0 Å². The van der Waals surface area contributed by atoms with Crippen LogP contribution in [0.15, 0.2) is 47.5 Å². The number of carbonyl (C=O) groups is 2. The van der Waals surface area contributed by atoms with Gasteiger partial charge in [-0.2, -0.15) is 0 Å². The largest absolute Gasteiger partial charge is 0.350 e. The molecular formula is C17H17N3O2S. The quantitative estimate of drug-likeness (QED) is 0.905. The van der Waals surface area contributed by atoms with E-state index in [0.29, 0.717) is 18.7 Å². The lowest BCUT2D eigenvalue weighted by Crippen LogP contribution is -2.27. The molecule has 0 spiro atoms. The molecule has 1 aliphatic heterocycles. The van der Waals surface area contributed by atoms with Crippen molar-refractivity contribution in [2.75, 3.05) is 11.9 Å². The summed E-state index contributed by atoms with van der Waals surface area (Å²) in [6.45, 7) is 2.41. The molecule has 1 aromatic carbocycles. The second-order valence-electron chi connectivity index (χ2n) is 5.30. The van der Waals surface area contributed by atoms with Crippen LogP contribution in [0.1, 0.15) is 23.0 Å². The number of aromatic nitrogens is 1. The molecule has 0 saturated heterocycles. The average molecular weight is 327 g/mol. The predicted octanol–water partition coefficient (Wildman–Crippen LogP) is 2.49. The summed E-state index contributed by atoms with van der Waals surface area (Å²) in [4.78, 5) is 28.7. The number of nitrogens with one attached hydrogen (secondary N) is 2. The normalized spacial score (nSPS) is 16.4. The van der Waals surface area contributed by atoms with E-state index in [2.05, 4.69) is 15.6 Å². The Bertz CT molecular complexity index is 734. The molecule has 2 aromatic rings. The summed E-state index contributed by atoms with van der Waals surface area (Å²) >= 11 is 1.56. The smallest absolute Gasteiger partial charge is 0.269 e. The second-order valence-corrected chi connectivity index (χ2v) is 6.68. The molecule has 1 atom stereocenters. The molecule has 3 rings (SSSR count). The van der Waals surface area contributed by atoms with Crippen LogP contribution in [0, 0.1) is 0 Å². The second kappa shape index (κ2) is 6.83. The molecule has 0 saturated carbocycles. The molecular weight excluding hydrogens is 310 g/mol. The van der Waals surface area contributed by atoms with Gasteiger partial charge in [-0.3, -0.25) is 14.6 Å². The Kier molecular flexibility index (Phi) is 4.62. The van der Waals surface area contributed by atoms with Crippen LogP contribution < -0.4 is 10.6 Å². The average Bonchev–Trinajstić information content (AvgIpc) is 2.57. The van der Waals surface area contributed by atoms with Gasteiger partial charge < -0.3 is 10.6 Å². The number of anilines is 1. The number of fused-ring (bicyclic) bond motifs is 1. The molecule has 2 N–H and O–H groups in total. The highest BCUT2D eigenvalue weighted by atomic mass is 32.2. The van der Waals surface area contributed by atoms with Gasteiger partial charge in [0, 0.05) is 17.6 Å². The maximum absolute atomic E-state index is 11.9. The third-order valence-electron chi connectivity index (χ3n) is 3.57. The zero-order valence-corrected chi connectivity index (χ0v) is 13.5. The van der Waals surface area contributed by atoms with Crippen LogP contribution in [0.2, 0.25) is 0 Å². The fourth-order valence-corrected chi connectivity index (χ4v) is 3.25. The van der Waals surface area contributed by atoms with Gasteiger partial charge in [-0.25, -0.2) is 0 Å². The molecule has 1 unspecified atom stereocenters. The number of carbonyl (C=O) groups excluding carboxylic acids is 2. The van der Waals surface area contributed by atoms with Gasteiger partial charge >= 0.3 is 0 Å². The summed E-state index contributed by atoms with van der Waals surface area (Å²) in [7, 11) is 0. The Hall–Kier alpha value is -2.34. The van der Waals surface area contributed by atoms with E-state index in [-0.39, 0.29) is 17.1 Å². The minimum Gasteiger partial charge on any atom is -0.350 e. The van der Waals surface area contributed by atoms with Crippen LogP contribution in [-0.2, 0) is 11.2 Å². The van der Waals surface area contributed by atoms with Gasteiger partial charge in [0.05, 0.1) is 10.9 Å². The molecule has 5 nitrogen and oxygen atoms in total. The predicted molar refractivity (Wildman–Crippen MR) is 90.7 cm³/mol. The number of nitrogens with zero attached hydrogens (tertiary/aromatic N) is 1. The molecule has 0 bridgehead atoms. The number of thioether (sulfide) groups is 1. The highest BCUT2D eigenvalue weighted by Gasteiger charge is 2.22. The van der Waals surface area contributed by atoms with E-state index in [1.54, 1.807) is 36.2 Å². The van der Waals surface area contributed by atoms with Gasteiger partial charge in [0.25, 0.3) is 5.91 Å². The summed E-state index contributed by atoms with van der Waals surface area (Å²) in [5, 5.41) is 5.70. The van der Waals surface area contributed by atoms with Gasteiger partial charge in [0.1, 0.15) is 5.69 Å². The molecule has 0 radical (unpaired) electrons. The van der Waals surface area contributed by atoms with Gasteiger partial charge in [-0.1, -0.05) is 12.1 Å². The maximum atomic E-state index is 11.9. The number of hydrogen-bond acceptors (Lipinski definition) is 4. The van der Waals surface area contributed by atoms with Crippen molar-refractivity contribution >= 4 is 29.3 Å². The minimum atomic E-state index is -0.179. The molecule has 1 aromatic heterocycles. The van der Waals surface area contributed by atoms with Crippen molar-refractivity contribution in [1.82, 2.24) is 10.3 Å². The summed E-state index contributed by atoms with van der Waals surface area (Å²) < 4.78 is 0. The highest BCUT2D eigenvalue weighted by molar-refractivity contribution is 8.00. The van der Waals surface area contributed by atoms with Crippen molar-refractivity contribution in [2.24, 2.45) is 0 Å². The molecule has 23 heavy (non-hydrogen) atoms. The zero-order valence-electron chi connectivity index (χ0n) is 12.7. The summed E-state index contributed by atoms with van der Waals surface area (Å²) in [5.74, 6) is -0.149. The third kappa shape index (κ3) is 3.71. The summed E-state index contributed by atoms with van der Waals surface area (Å²) in [6, 6.07) is 11.3. The first-order valence-electron chi connectivity index (χ1n) is 7.43. The van der Waals surface area contributed by atoms with Crippen LogP contribution >= 0.6 is 11.8 Å². The number of rotatable bonds is 4. The minimum absolute atomic E-state index is 0.0307. The molecule has 2 heterocycles. The lowest BCUT2D eigenvalue weighted by atomic mass is 10.1. The summed E-state index contributed by atoms with van der Waals surface area (Å²) in [5.41, 5.74) is 2.34. The fraction of sp³-hybridized carbons (Fsp3) is 0.235. The van der Waals surface area contributed by atoms with Crippen molar-refractivity contribution in [2.45, 2.75) is 23.5 Å². The van der Waals surface area contributed by atoms with Crippen molar-refractivity contribution in [3.63, 3.8) is 0 Å². The molecule has 0 fully saturated rings. The Balaban J connectivity index is 1.58. The number of pyridine rings is 1. The van der Waals surface area contributed by atoms with Gasteiger partial charge in [-0.15, -0.1) is 11.8 Å². The monoisotopic (exact) mass is 327 g/mol. The number of amides is 2. The van der Waals surface area contributed by atoms with Gasteiger partial charge in [0.2, 0.25) is 5.91 Å². The maximum Gasteiger partial charge on any atom is 0.269 e. The van der Waals surface area contributed by atoms with Crippen molar-refractivity contribution in [3.05, 3.63) is 53.9 Å². The van der Waals surface area contributed by atoms with Crippen LogP contribution in [0.4, 0.5) is 5.69 Å². The Labute approximate surface area is 138 Å². The number of hydrogen-bond donors (Lipinski definition) is 2. The first-order valence-corrected chi connectivity index (χ1v) is 8.31. The van der Waals surface area contributed by atoms with E-state index in [1.165, 1.54) is 0 Å². The molecule has 0 aliphatic carbocycles. The van der Waals surface area contributed by atoms with Crippen molar-refractivity contribution in [3.8, 4) is 0 Å². The first kappa shape index (κ1) is 15.6. The molecule has 6 heteroatoms. The van der Waals surface area contributed by atoms with Crippen LogP contribution in [0.3, 0.4) is 0 Å². The lowest BCUT2D eigenvalue weighted by molar-refractivity contribution is -0.115. The topological polar surface area (TPSA) is 71.1 Å². The van der Waals surface area contributed by atoms with E-state index in [1.807, 2.05) is 25.1 Å². The van der Waals surface area contributed by atoms with Gasteiger partial charge in [-0.05, 0) is 43.2 Å². The zero-order chi connectivity index (χ0) is 16.2.